The molecule has 116 valence electrons. The molecular weight excluding hydrogens is 280 g/mol. The standard InChI is InChI=1S/C17H26N2OS/c1-3-10-17(11-7-12-18-13-17)16(20)19-14-8-5-6-9-15(14)21-4-2/h5-6,8-9,18H,3-4,7,10-13H2,1-2H3,(H,19,20). The number of nitrogens with one attached hydrogen (secondary N) is 2. The van der Waals surface area contributed by atoms with Crippen LogP contribution in [0.1, 0.15) is 39.5 Å². The lowest BCUT2D eigenvalue weighted by atomic mass is 9.76. The predicted octanol–water partition coefficient (Wildman–Crippen LogP) is 3.91. The summed E-state index contributed by atoms with van der Waals surface area (Å²) in [5.41, 5.74) is 0.715. The van der Waals surface area contributed by atoms with Gasteiger partial charge in [0.25, 0.3) is 0 Å². The van der Waals surface area contributed by atoms with Crippen LogP contribution in [0.15, 0.2) is 29.2 Å². The van der Waals surface area contributed by atoms with Crippen LogP contribution in [0.2, 0.25) is 0 Å². The van der Waals surface area contributed by atoms with Gasteiger partial charge in [-0.3, -0.25) is 4.79 Å². The molecule has 1 unspecified atom stereocenters. The van der Waals surface area contributed by atoms with E-state index in [2.05, 4.69) is 30.5 Å². The third-order valence-corrected chi connectivity index (χ3v) is 5.07. The molecule has 0 spiro atoms. The van der Waals surface area contributed by atoms with E-state index in [1.165, 1.54) is 0 Å². The van der Waals surface area contributed by atoms with Crippen LogP contribution in [0.5, 0.6) is 0 Å². The summed E-state index contributed by atoms with van der Waals surface area (Å²) in [7, 11) is 0. The van der Waals surface area contributed by atoms with Gasteiger partial charge in [0.15, 0.2) is 0 Å². The van der Waals surface area contributed by atoms with Crippen LogP contribution in [0.25, 0.3) is 0 Å². The van der Waals surface area contributed by atoms with E-state index in [0.29, 0.717) is 0 Å². The fourth-order valence-corrected chi connectivity index (χ4v) is 3.83. The van der Waals surface area contributed by atoms with E-state index in [9.17, 15) is 4.79 Å². The molecular formula is C17H26N2OS. The Labute approximate surface area is 132 Å². The average molecular weight is 306 g/mol. The molecule has 3 nitrogen and oxygen atoms in total. The van der Waals surface area contributed by atoms with Gasteiger partial charge in [0.05, 0.1) is 11.1 Å². The van der Waals surface area contributed by atoms with Gasteiger partial charge in [-0.1, -0.05) is 32.4 Å². The lowest BCUT2D eigenvalue weighted by Crippen LogP contribution is -2.48. The minimum atomic E-state index is -0.239. The smallest absolute Gasteiger partial charge is 0.231 e. The van der Waals surface area contributed by atoms with Crippen molar-refractivity contribution in [1.29, 1.82) is 0 Å². The molecule has 0 radical (unpaired) electrons. The average Bonchev–Trinajstić information content (AvgIpc) is 2.50. The maximum Gasteiger partial charge on any atom is 0.231 e. The second kappa shape index (κ2) is 7.85. The molecule has 1 aliphatic rings. The van der Waals surface area contributed by atoms with Gasteiger partial charge in [-0.15, -0.1) is 11.8 Å². The number of rotatable bonds is 6. The summed E-state index contributed by atoms with van der Waals surface area (Å²) < 4.78 is 0. The zero-order valence-corrected chi connectivity index (χ0v) is 13.9. The lowest BCUT2D eigenvalue weighted by Gasteiger charge is -2.36. The van der Waals surface area contributed by atoms with E-state index < -0.39 is 0 Å². The van der Waals surface area contributed by atoms with E-state index in [1.54, 1.807) is 11.8 Å². The largest absolute Gasteiger partial charge is 0.325 e. The molecule has 1 fully saturated rings. The number of carbonyl (C=O) groups is 1. The maximum absolute atomic E-state index is 12.9. The molecule has 0 aromatic heterocycles. The van der Waals surface area contributed by atoms with Crippen LogP contribution < -0.4 is 10.6 Å². The zero-order valence-electron chi connectivity index (χ0n) is 13.1. The van der Waals surface area contributed by atoms with E-state index in [-0.39, 0.29) is 11.3 Å². The van der Waals surface area contributed by atoms with Crippen molar-refractivity contribution in [2.75, 3.05) is 24.2 Å². The van der Waals surface area contributed by atoms with Crippen LogP contribution in [0, 0.1) is 5.41 Å². The fraction of sp³-hybridized carbons (Fsp3) is 0.588. The number of piperidine rings is 1. The van der Waals surface area contributed by atoms with E-state index in [0.717, 1.165) is 55.1 Å². The van der Waals surface area contributed by atoms with Crippen LogP contribution >= 0.6 is 11.8 Å². The molecule has 2 rings (SSSR count). The molecule has 1 aromatic carbocycles. The van der Waals surface area contributed by atoms with Crippen molar-refractivity contribution in [2.45, 2.75) is 44.4 Å². The first-order valence-corrected chi connectivity index (χ1v) is 8.94. The quantitative estimate of drug-likeness (QED) is 0.783. The number of hydrogen-bond donors (Lipinski definition) is 2. The van der Waals surface area contributed by atoms with Crippen LogP contribution in [-0.2, 0) is 4.79 Å². The Morgan fingerprint density at radius 1 is 1.38 bits per heavy atom. The van der Waals surface area contributed by atoms with Crippen molar-refractivity contribution < 1.29 is 4.79 Å². The summed E-state index contributed by atoms with van der Waals surface area (Å²) in [4.78, 5) is 14.0. The third kappa shape index (κ3) is 4.01. The summed E-state index contributed by atoms with van der Waals surface area (Å²) in [6, 6.07) is 8.10. The second-order valence-corrected chi connectivity index (χ2v) is 7.00. The molecule has 21 heavy (non-hydrogen) atoms. The van der Waals surface area contributed by atoms with E-state index in [1.807, 2.05) is 18.2 Å². The second-order valence-electron chi connectivity index (χ2n) is 5.69. The number of amides is 1. The Hall–Kier alpha value is -1.00. The van der Waals surface area contributed by atoms with Crippen molar-refractivity contribution >= 4 is 23.4 Å². The van der Waals surface area contributed by atoms with Crippen LogP contribution in [0.3, 0.4) is 0 Å². The van der Waals surface area contributed by atoms with Crippen molar-refractivity contribution in [3.8, 4) is 0 Å². The van der Waals surface area contributed by atoms with Gasteiger partial charge < -0.3 is 10.6 Å². The summed E-state index contributed by atoms with van der Waals surface area (Å²) in [6.45, 7) is 6.12. The number of para-hydroxylation sites is 1. The number of thioether (sulfide) groups is 1. The van der Waals surface area contributed by atoms with Crippen LogP contribution in [-0.4, -0.2) is 24.7 Å². The number of hydrogen-bond acceptors (Lipinski definition) is 3. The fourth-order valence-electron chi connectivity index (χ4n) is 3.07. The minimum Gasteiger partial charge on any atom is -0.325 e. The van der Waals surface area contributed by atoms with Gasteiger partial charge in [0.2, 0.25) is 5.91 Å². The molecule has 4 heteroatoms. The predicted molar refractivity (Wildman–Crippen MR) is 90.9 cm³/mol. The monoisotopic (exact) mass is 306 g/mol. The highest BCUT2D eigenvalue weighted by atomic mass is 32.2. The molecule has 0 aliphatic carbocycles. The maximum atomic E-state index is 12.9. The van der Waals surface area contributed by atoms with Gasteiger partial charge in [0, 0.05) is 11.4 Å². The Kier molecular flexibility index (Phi) is 6.12. The van der Waals surface area contributed by atoms with E-state index >= 15 is 0 Å². The highest BCUT2D eigenvalue weighted by Gasteiger charge is 2.38. The minimum absolute atomic E-state index is 0.181. The molecule has 1 aromatic rings. The summed E-state index contributed by atoms with van der Waals surface area (Å²) in [5.74, 6) is 1.19. The first kappa shape index (κ1) is 16.4. The van der Waals surface area contributed by atoms with Gasteiger partial charge in [-0.2, -0.15) is 0 Å². The van der Waals surface area contributed by atoms with E-state index in [4.69, 9.17) is 0 Å². The molecule has 1 heterocycles. The van der Waals surface area contributed by atoms with Crippen molar-refractivity contribution in [3.63, 3.8) is 0 Å². The molecule has 0 saturated carbocycles. The zero-order chi connectivity index (χ0) is 15.1. The van der Waals surface area contributed by atoms with Gasteiger partial charge in [0.1, 0.15) is 0 Å². The Balaban J connectivity index is 2.15. The number of anilines is 1. The van der Waals surface area contributed by atoms with Crippen molar-refractivity contribution in [1.82, 2.24) is 5.32 Å². The van der Waals surface area contributed by atoms with Crippen molar-refractivity contribution in [3.05, 3.63) is 24.3 Å². The molecule has 1 amide bonds. The highest BCUT2D eigenvalue weighted by molar-refractivity contribution is 7.99. The first-order chi connectivity index (χ1) is 10.2. The summed E-state index contributed by atoms with van der Waals surface area (Å²) in [6.07, 6.45) is 4.07. The SMILES string of the molecule is CCCC1(C(=O)Nc2ccccc2SCC)CCCNC1. The Bertz CT molecular complexity index is 464. The Morgan fingerprint density at radius 2 is 2.19 bits per heavy atom. The molecule has 1 atom stereocenters. The van der Waals surface area contributed by atoms with Crippen molar-refractivity contribution in [2.24, 2.45) is 5.41 Å². The molecule has 0 bridgehead atoms. The normalized spacial score (nSPS) is 22.0. The topological polar surface area (TPSA) is 41.1 Å². The van der Waals surface area contributed by atoms with Crippen LogP contribution in [0.4, 0.5) is 5.69 Å². The molecule has 2 N–H and O–H groups in total. The van der Waals surface area contributed by atoms with Gasteiger partial charge >= 0.3 is 0 Å². The lowest BCUT2D eigenvalue weighted by molar-refractivity contribution is -0.127. The van der Waals surface area contributed by atoms with Gasteiger partial charge in [-0.05, 0) is 43.7 Å². The highest BCUT2D eigenvalue weighted by Crippen LogP contribution is 2.34. The third-order valence-electron chi connectivity index (χ3n) is 4.12. The number of benzene rings is 1. The molecule has 1 aliphatic heterocycles. The summed E-state index contributed by atoms with van der Waals surface area (Å²) in [5, 5.41) is 6.59. The van der Waals surface area contributed by atoms with Gasteiger partial charge in [-0.25, -0.2) is 0 Å². The Morgan fingerprint density at radius 3 is 2.86 bits per heavy atom. The first-order valence-electron chi connectivity index (χ1n) is 7.96. The summed E-state index contributed by atoms with van der Waals surface area (Å²) >= 11 is 1.77. The molecule has 1 saturated heterocycles. The number of carbonyl (C=O) groups excluding carboxylic acids is 1.